The molecule has 110 valence electrons. The van der Waals surface area contributed by atoms with E-state index in [1.165, 1.54) is 21.8 Å². The van der Waals surface area contributed by atoms with Gasteiger partial charge in [0.15, 0.2) is 0 Å². The minimum atomic E-state index is -3.60. The van der Waals surface area contributed by atoms with Crippen LogP contribution in [0.2, 0.25) is 0 Å². The number of aromatic amines is 1. The van der Waals surface area contributed by atoms with E-state index in [9.17, 15) is 8.42 Å². The molecule has 3 rings (SSSR count). The molecule has 3 N–H and O–H groups in total. The molecule has 2 aromatic heterocycles. The molecule has 2 heterocycles. The van der Waals surface area contributed by atoms with Gasteiger partial charge in [-0.05, 0) is 18.2 Å². The molecule has 21 heavy (non-hydrogen) atoms. The number of nitrogens with zero attached hydrogens (tertiary/aromatic N) is 2. The molecule has 8 heteroatoms. The molecular weight excluding hydrogens is 308 g/mol. The van der Waals surface area contributed by atoms with Crippen molar-refractivity contribution in [3.05, 3.63) is 41.0 Å². The molecule has 0 fully saturated rings. The van der Waals surface area contributed by atoms with Crippen LogP contribution in [0, 0.1) is 0 Å². The molecular formula is C13H14N4O2S2. The van der Waals surface area contributed by atoms with Crippen molar-refractivity contribution in [2.75, 3.05) is 12.8 Å². The van der Waals surface area contributed by atoms with E-state index < -0.39 is 10.0 Å². The fourth-order valence-corrected chi connectivity index (χ4v) is 3.96. The van der Waals surface area contributed by atoms with Gasteiger partial charge in [0.1, 0.15) is 4.90 Å². The third-order valence-electron chi connectivity index (χ3n) is 3.22. The molecule has 0 radical (unpaired) electrons. The highest BCUT2D eigenvalue weighted by atomic mass is 32.2. The Hall–Kier alpha value is -1.90. The molecule has 0 bridgehead atoms. The summed E-state index contributed by atoms with van der Waals surface area (Å²) in [6.07, 6.45) is 1.50. The van der Waals surface area contributed by atoms with Crippen molar-refractivity contribution in [2.45, 2.75) is 11.4 Å². The number of H-pyrrole nitrogens is 1. The lowest BCUT2D eigenvalue weighted by Gasteiger charge is -2.15. The number of hydrogen-bond donors (Lipinski definition) is 2. The fourth-order valence-electron chi connectivity index (χ4n) is 2.12. The predicted molar refractivity (Wildman–Crippen MR) is 83.5 cm³/mol. The molecule has 0 saturated heterocycles. The Bertz CT molecular complexity index is 869. The highest BCUT2D eigenvalue weighted by Gasteiger charge is 2.24. The van der Waals surface area contributed by atoms with Crippen molar-refractivity contribution < 1.29 is 8.42 Å². The van der Waals surface area contributed by atoms with Crippen LogP contribution in [0.3, 0.4) is 0 Å². The van der Waals surface area contributed by atoms with E-state index in [0.29, 0.717) is 11.1 Å². The Morgan fingerprint density at radius 1 is 1.43 bits per heavy atom. The minimum Gasteiger partial charge on any atom is -0.399 e. The summed E-state index contributed by atoms with van der Waals surface area (Å²) >= 11 is 1.44. The van der Waals surface area contributed by atoms with Gasteiger partial charge in [0, 0.05) is 35.2 Å². The van der Waals surface area contributed by atoms with Crippen LogP contribution in [0.15, 0.2) is 40.2 Å². The highest BCUT2D eigenvalue weighted by Crippen LogP contribution is 2.27. The molecule has 3 aromatic rings. The quantitative estimate of drug-likeness (QED) is 0.719. The summed E-state index contributed by atoms with van der Waals surface area (Å²) < 4.78 is 26.7. The van der Waals surface area contributed by atoms with Crippen molar-refractivity contribution in [3.8, 4) is 0 Å². The van der Waals surface area contributed by atoms with Gasteiger partial charge >= 0.3 is 0 Å². The fraction of sp³-hybridized carbons (Fsp3) is 0.154. The van der Waals surface area contributed by atoms with E-state index in [0.717, 1.165) is 11.2 Å². The molecule has 0 aliphatic rings. The van der Waals surface area contributed by atoms with Crippen LogP contribution in [0.1, 0.15) is 5.69 Å². The summed E-state index contributed by atoms with van der Waals surface area (Å²) in [4.78, 5) is 7.30. The molecule has 0 aliphatic carbocycles. The van der Waals surface area contributed by atoms with E-state index in [1.807, 2.05) is 5.38 Å². The van der Waals surface area contributed by atoms with Crippen molar-refractivity contribution in [2.24, 2.45) is 0 Å². The molecule has 0 saturated carbocycles. The summed E-state index contributed by atoms with van der Waals surface area (Å²) in [7, 11) is -2.06. The molecule has 0 amide bonds. The minimum absolute atomic E-state index is 0.225. The number of hydrogen-bond acceptors (Lipinski definition) is 5. The third-order valence-corrected chi connectivity index (χ3v) is 5.70. The molecule has 6 nitrogen and oxygen atoms in total. The van der Waals surface area contributed by atoms with Crippen molar-refractivity contribution in [3.63, 3.8) is 0 Å². The van der Waals surface area contributed by atoms with Crippen LogP contribution in [0.4, 0.5) is 5.69 Å². The lowest BCUT2D eigenvalue weighted by Crippen LogP contribution is -2.26. The SMILES string of the molecule is CN(Cc1cscn1)S(=O)(=O)c1c[nH]c2ccc(N)cc12. The van der Waals surface area contributed by atoms with E-state index in [2.05, 4.69) is 9.97 Å². The first-order valence-corrected chi connectivity index (χ1v) is 8.57. The first-order chi connectivity index (χ1) is 9.98. The maximum atomic E-state index is 12.7. The van der Waals surface area contributed by atoms with Gasteiger partial charge in [0.25, 0.3) is 0 Å². The van der Waals surface area contributed by atoms with Crippen molar-refractivity contribution >= 4 is 38.0 Å². The Kier molecular flexibility index (Phi) is 3.44. The molecule has 0 spiro atoms. The lowest BCUT2D eigenvalue weighted by molar-refractivity contribution is 0.464. The number of rotatable bonds is 4. The van der Waals surface area contributed by atoms with Gasteiger partial charge in [-0.3, -0.25) is 0 Å². The van der Waals surface area contributed by atoms with Gasteiger partial charge in [0.2, 0.25) is 10.0 Å². The van der Waals surface area contributed by atoms with Crippen LogP contribution in [0.5, 0.6) is 0 Å². The summed E-state index contributed by atoms with van der Waals surface area (Å²) in [5.41, 5.74) is 9.43. The van der Waals surface area contributed by atoms with Gasteiger partial charge in [-0.2, -0.15) is 4.31 Å². The van der Waals surface area contributed by atoms with Gasteiger partial charge in [-0.1, -0.05) is 0 Å². The van der Waals surface area contributed by atoms with Gasteiger partial charge in [0.05, 0.1) is 17.7 Å². The zero-order valence-electron chi connectivity index (χ0n) is 11.3. The van der Waals surface area contributed by atoms with Crippen molar-refractivity contribution in [1.82, 2.24) is 14.3 Å². The van der Waals surface area contributed by atoms with E-state index >= 15 is 0 Å². The van der Waals surface area contributed by atoms with Crippen LogP contribution in [0.25, 0.3) is 10.9 Å². The monoisotopic (exact) mass is 322 g/mol. The van der Waals surface area contributed by atoms with E-state index in [4.69, 9.17) is 5.73 Å². The first kappa shape index (κ1) is 14.1. The molecule has 1 aromatic carbocycles. The molecule has 0 atom stereocenters. The number of anilines is 1. The zero-order valence-corrected chi connectivity index (χ0v) is 12.9. The Morgan fingerprint density at radius 2 is 2.24 bits per heavy atom. The average molecular weight is 322 g/mol. The normalized spacial score (nSPS) is 12.3. The Labute approximate surface area is 126 Å². The zero-order chi connectivity index (χ0) is 15.0. The smallest absolute Gasteiger partial charge is 0.245 e. The molecule has 0 aliphatic heterocycles. The maximum absolute atomic E-state index is 12.7. The second kappa shape index (κ2) is 5.14. The third kappa shape index (κ3) is 2.53. The maximum Gasteiger partial charge on any atom is 0.245 e. The number of nitrogens with one attached hydrogen (secondary N) is 1. The van der Waals surface area contributed by atoms with Crippen molar-refractivity contribution in [1.29, 1.82) is 0 Å². The van der Waals surface area contributed by atoms with E-state index in [-0.39, 0.29) is 11.4 Å². The number of sulfonamides is 1. The average Bonchev–Trinajstić information content (AvgIpc) is 3.07. The topological polar surface area (TPSA) is 92.1 Å². The van der Waals surface area contributed by atoms with Gasteiger partial charge in [-0.15, -0.1) is 11.3 Å². The lowest BCUT2D eigenvalue weighted by atomic mass is 10.2. The summed E-state index contributed by atoms with van der Waals surface area (Å²) in [5.74, 6) is 0. The largest absolute Gasteiger partial charge is 0.399 e. The van der Waals surface area contributed by atoms with Gasteiger partial charge < -0.3 is 10.7 Å². The number of nitrogen functional groups attached to an aromatic ring is 1. The number of fused-ring (bicyclic) bond motifs is 1. The second-order valence-corrected chi connectivity index (χ2v) is 7.43. The van der Waals surface area contributed by atoms with E-state index in [1.54, 1.807) is 30.8 Å². The number of thiazole rings is 1. The standard InChI is InChI=1S/C13H14N4O2S2/c1-17(6-10-7-20-8-16-10)21(18,19)13-5-15-12-3-2-9(14)4-11(12)13/h2-5,7-8,15H,6,14H2,1H3. The Balaban J connectivity index is 2.01. The predicted octanol–water partition coefficient (Wildman–Crippen LogP) is 2.03. The highest BCUT2D eigenvalue weighted by molar-refractivity contribution is 7.89. The number of aromatic nitrogens is 2. The van der Waals surface area contributed by atoms with Crippen LogP contribution >= 0.6 is 11.3 Å². The molecule has 0 unspecified atom stereocenters. The summed E-state index contributed by atoms with van der Waals surface area (Å²) in [5, 5.41) is 2.43. The van der Waals surface area contributed by atoms with Crippen LogP contribution < -0.4 is 5.73 Å². The summed E-state index contributed by atoms with van der Waals surface area (Å²) in [6, 6.07) is 5.16. The first-order valence-electron chi connectivity index (χ1n) is 6.18. The number of nitrogens with two attached hydrogens (primary N) is 1. The van der Waals surface area contributed by atoms with Crippen LogP contribution in [-0.4, -0.2) is 29.7 Å². The number of benzene rings is 1. The second-order valence-electron chi connectivity index (χ2n) is 4.70. The van der Waals surface area contributed by atoms with Gasteiger partial charge in [-0.25, -0.2) is 13.4 Å². The Morgan fingerprint density at radius 3 is 2.95 bits per heavy atom. The summed E-state index contributed by atoms with van der Waals surface area (Å²) in [6.45, 7) is 0.237. The van der Waals surface area contributed by atoms with Crippen LogP contribution in [-0.2, 0) is 16.6 Å².